The van der Waals surface area contributed by atoms with Crippen molar-refractivity contribution in [2.24, 2.45) is 0 Å². The lowest BCUT2D eigenvalue weighted by Gasteiger charge is -2.35. The summed E-state index contributed by atoms with van der Waals surface area (Å²) in [6.07, 6.45) is 1.06. The molecule has 0 amide bonds. The van der Waals surface area contributed by atoms with Crippen LogP contribution in [-0.2, 0) is 14.8 Å². The maximum Gasteiger partial charge on any atom is 0.317 e. The summed E-state index contributed by atoms with van der Waals surface area (Å²) in [7, 11) is -2.09. The van der Waals surface area contributed by atoms with Crippen molar-refractivity contribution in [3.05, 3.63) is 28.5 Å². The third-order valence-corrected chi connectivity index (χ3v) is 6.63. The van der Waals surface area contributed by atoms with Gasteiger partial charge in [0.1, 0.15) is 10.7 Å². The molecule has 0 radical (unpaired) electrons. The van der Waals surface area contributed by atoms with Crippen molar-refractivity contribution in [2.45, 2.75) is 30.7 Å². The molecule has 0 saturated carbocycles. The largest absolute Gasteiger partial charge is 0.480 e. The Hall–Kier alpha value is -1.22. The van der Waals surface area contributed by atoms with Crippen molar-refractivity contribution in [1.29, 1.82) is 0 Å². The van der Waals surface area contributed by atoms with Crippen LogP contribution >= 0.6 is 11.6 Å². The van der Waals surface area contributed by atoms with Gasteiger partial charge in [-0.3, -0.25) is 9.69 Å². The topological polar surface area (TPSA) is 77.9 Å². The summed E-state index contributed by atoms with van der Waals surface area (Å²) in [5, 5.41) is 8.69. The molecule has 1 aromatic rings. The highest BCUT2D eigenvalue weighted by atomic mass is 35.5. The second-order valence-electron chi connectivity index (χ2n) is 5.98. The Morgan fingerprint density at radius 2 is 2.00 bits per heavy atom. The lowest BCUT2D eigenvalue weighted by atomic mass is 10.1. The Bertz CT molecular complexity index is 733. The van der Waals surface area contributed by atoms with Gasteiger partial charge in [-0.15, -0.1) is 0 Å². The number of aliphatic carboxylic acids is 1. The van der Waals surface area contributed by atoms with Gasteiger partial charge in [0.15, 0.2) is 0 Å². The van der Waals surface area contributed by atoms with Gasteiger partial charge in [-0.05, 0) is 44.5 Å². The van der Waals surface area contributed by atoms with Crippen LogP contribution in [-0.4, -0.2) is 61.4 Å². The van der Waals surface area contributed by atoms with E-state index in [4.69, 9.17) is 16.7 Å². The highest BCUT2D eigenvalue weighted by Gasteiger charge is 2.32. The van der Waals surface area contributed by atoms with E-state index >= 15 is 0 Å². The number of hydrogen-bond acceptors (Lipinski definition) is 4. The van der Waals surface area contributed by atoms with E-state index < -0.39 is 21.8 Å². The first-order chi connectivity index (χ1) is 11.1. The molecule has 1 aromatic carbocycles. The quantitative estimate of drug-likeness (QED) is 0.847. The van der Waals surface area contributed by atoms with Crippen LogP contribution in [0, 0.1) is 12.7 Å². The molecule has 1 heterocycles. The maximum atomic E-state index is 13.5. The van der Waals surface area contributed by atoms with Gasteiger partial charge < -0.3 is 5.11 Å². The lowest BCUT2D eigenvalue weighted by molar-refractivity contribution is -0.138. The summed E-state index contributed by atoms with van der Waals surface area (Å²) in [6.45, 7) is 1.94. The standard InChI is InChI=1S/C15H20ClFN2O4S/c1-10-7-14(12(16)8-13(10)17)24(22,23)19-5-3-11(4-6-19)18(2)9-15(20)21/h7-8,11H,3-6,9H2,1-2H3,(H,20,21). The van der Waals surface area contributed by atoms with Crippen LogP contribution in [0.4, 0.5) is 4.39 Å². The van der Waals surface area contributed by atoms with E-state index in [1.165, 1.54) is 17.3 Å². The predicted molar refractivity (Wildman–Crippen MR) is 88.2 cm³/mol. The summed E-state index contributed by atoms with van der Waals surface area (Å²) in [5.74, 6) is -1.46. The molecule has 0 bridgehead atoms. The van der Waals surface area contributed by atoms with E-state index in [1.807, 2.05) is 0 Å². The Kier molecular flexibility index (Phi) is 5.85. The average molecular weight is 379 g/mol. The predicted octanol–water partition coefficient (Wildman–Crippen LogP) is 1.96. The number of rotatable bonds is 5. The molecule has 9 heteroatoms. The normalized spacial score (nSPS) is 17.4. The molecule has 2 rings (SSSR count). The Labute approximate surface area is 145 Å². The van der Waals surface area contributed by atoms with Crippen LogP contribution in [0.25, 0.3) is 0 Å². The number of piperidine rings is 1. The highest BCUT2D eigenvalue weighted by molar-refractivity contribution is 7.89. The molecule has 24 heavy (non-hydrogen) atoms. The van der Waals surface area contributed by atoms with Gasteiger partial charge >= 0.3 is 5.97 Å². The minimum Gasteiger partial charge on any atom is -0.480 e. The molecule has 0 unspecified atom stereocenters. The third-order valence-electron chi connectivity index (χ3n) is 4.26. The summed E-state index contributed by atoms with van der Waals surface area (Å²) < 4.78 is 40.3. The van der Waals surface area contributed by atoms with Crippen LogP contribution in [0.3, 0.4) is 0 Å². The Balaban J connectivity index is 2.13. The number of carboxylic acids is 1. The third kappa shape index (κ3) is 4.05. The first kappa shape index (κ1) is 19.1. The van der Waals surface area contributed by atoms with Crippen LogP contribution in [0.1, 0.15) is 18.4 Å². The molecule has 1 aliphatic heterocycles. The Morgan fingerprint density at radius 1 is 1.42 bits per heavy atom. The summed E-state index contributed by atoms with van der Waals surface area (Å²) in [5.41, 5.74) is 0.217. The molecule has 0 aliphatic carbocycles. The number of hydrogen-bond donors (Lipinski definition) is 1. The molecule has 0 spiro atoms. The number of benzene rings is 1. The van der Waals surface area contributed by atoms with E-state index in [0.717, 1.165) is 6.07 Å². The molecule has 1 saturated heterocycles. The van der Waals surface area contributed by atoms with Gasteiger partial charge in [0.2, 0.25) is 10.0 Å². The minimum absolute atomic E-state index is 0.0120. The maximum absolute atomic E-state index is 13.5. The van der Waals surface area contributed by atoms with Crippen molar-refractivity contribution < 1.29 is 22.7 Å². The number of nitrogens with zero attached hydrogens (tertiary/aromatic N) is 2. The second kappa shape index (κ2) is 7.35. The molecule has 134 valence electrons. The van der Waals surface area contributed by atoms with Crippen molar-refractivity contribution in [2.75, 3.05) is 26.7 Å². The molecule has 1 aliphatic rings. The van der Waals surface area contributed by atoms with Crippen LogP contribution in [0.5, 0.6) is 0 Å². The van der Waals surface area contributed by atoms with Gasteiger partial charge in [-0.25, -0.2) is 12.8 Å². The van der Waals surface area contributed by atoms with E-state index in [-0.39, 0.29) is 41.2 Å². The second-order valence-corrected chi connectivity index (χ2v) is 8.29. The average Bonchev–Trinajstić information content (AvgIpc) is 2.50. The molecule has 1 fully saturated rings. The van der Waals surface area contributed by atoms with Crippen molar-refractivity contribution in [3.63, 3.8) is 0 Å². The summed E-state index contributed by atoms with van der Waals surface area (Å²) in [4.78, 5) is 12.4. The minimum atomic E-state index is -3.80. The molecule has 0 aromatic heterocycles. The van der Waals surface area contributed by atoms with Gasteiger partial charge in [0, 0.05) is 19.1 Å². The molecular weight excluding hydrogens is 359 g/mol. The van der Waals surface area contributed by atoms with Crippen LogP contribution in [0.2, 0.25) is 5.02 Å². The molecule has 1 N–H and O–H groups in total. The van der Waals surface area contributed by atoms with E-state index in [9.17, 15) is 17.6 Å². The van der Waals surface area contributed by atoms with E-state index in [0.29, 0.717) is 12.8 Å². The number of aryl methyl sites for hydroxylation is 1. The number of carboxylic acid groups (broad SMARTS) is 1. The van der Waals surface area contributed by atoms with Gasteiger partial charge in [-0.2, -0.15) is 4.31 Å². The first-order valence-electron chi connectivity index (χ1n) is 7.50. The number of likely N-dealkylation sites (N-methyl/N-ethyl adjacent to an activating group) is 1. The summed E-state index contributed by atoms with van der Waals surface area (Å²) >= 11 is 5.92. The van der Waals surface area contributed by atoms with Crippen molar-refractivity contribution in [1.82, 2.24) is 9.21 Å². The fraction of sp³-hybridized carbons (Fsp3) is 0.533. The fourth-order valence-electron chi connectivity index (χ4n) is 2.83. The molecular formula is C15H20ClFN2O4S. The van der Waals surface area contributed by atoms with Gasteiger partial charge in [0.25, 0.3) is 0 Å². The molecule has 0 atom stereocenters. The molecule has 6 nitrogen and oxygen atoms in total. The zero-order chi connectivity index (χ0) is 18.1. The van der Waals surface area contributed by atoms with Crippen LogP contribution in [0.15, 0.2) is 17.0 Å². The lowest BCUT2D eigenvalue weighted by Crippen LogP contribution is -2.46. The smallest absolute Gasteiger partial charge is 0.317 e. The zero-order valence-electron chi connectivity index (χ0n) is 13.5. The first-order valence-corrected chi connectivity index (χ1v) is 9.32. The van der Waals surface area contributed by atoms with Gasteiger partial charge in [0.05, 0.1) is 11.6 Å². The summed E-state index contributed by atoms with van der Waals surface area (Å²) in [6, 6.07) is 2.27. The monoisotopic (exact) mass is 378 g/mol. The Morgan fingerprint density at radius 3 is 2.54 bits per heavy atom. The van der Waals surface area contributed by atoms with Crippen LogP contribution < -0.4 is 0 Å². The van der Waals surface area contributed by atoms with Crippen molar-refractivity contribution in [3.8, 4) is 0 Å². The number of halogens is 2. The number of sulfonamides is 1. The van der Waals surface area contributed by atoms with E-state index in [1.54, 1.807) is 11.9 Å². The highest BCUT2D eigenvalue weighted by Crippen LogP contribution is 2.29. The SMILES string of the molecule is Cc1cc(S(=O)(=O)N2CCC(N(C)CC(=O)O)CC2)c(Cl)cc1F. The fourth-order valence-corrected chi connectivity index (χ4v) is 4.88. The van der Waals surface area contributed by atoms with Gasteiger partial charge in [-0.1, -0.05) is 11.6 Å². The van der Waals surface area contributed by atoms with E-state index in [2.05, 4.69) is 0 Å². The van der Waals surface area contributed by atoms with Crippen molar-refractivity contribution >= 4 is 27.6 Å². The number of carbonyl (C=O) groups is 1. The zero-order valence-corrected chi connectivity index (χ0v) is 15.1.